The smallest absolute Gasteiger partial charge is 0.319 e. The maximum Gasteiger partial charge on any atom is 0.319 e. The molecule has 4 nitrogen and oxygen atoms in total. The molecule has 1 aliphatic rings. The predicted octanol–water partition coefficient (Wildman–Crippen LogP) is 3.33. The summed E-state index contributed by atoms with van der Waals surface area (Å²) in [5.74, 6) is 0. The Balaban J connectivity index is 1.78. The standard InChI is InChI=1S/C15H22ClN3O/c1-11(2)19-8-6-13(7-9-19)17-15(20)18-14-5-3-4-12(16)10-14/h3-5,10-11,13H,6-9H2,1-2H3,(H2,17,18,20). The van der Waals surface area contributed by atoms with E-state index < -0.39 is 0 Å². The van der Waals surface area contributed by atoms with Crippen molar-refractivity contribution in [2.75, 3.05) is 18.4 Å². The van der Waals surface area contributed by atoms with E-state index >= 15 is 0 Å². The highest BCUT2D eigenvalue weighted by Gasteiger charge is 2.21. The van der Waals surface area contributed by atoms with E-state index in [0.29, 0.717) is 11.1 Å². The van der Waals surface area contributed by atoms with Crippen LogP contribution >= 0.6 is 11.6 Å². The fourth-order valence-corrected chi connectivity index (χ4v) is 2.67. The van der Waals surface area contributed by atoms with Crippen LogP contribution in [0.1, 0.15) is 26.7 Å². The lowest BCUT2D eigenvalue weighted by Crippen LogP contribution is -2.47. The Hall–Kier alpha value is -1.26. The molecule has 1 heterocycles. The van der Waals surface area contributed by atoms with Crippen molar-refractivity contribution in [1.82, 2.24) is 10.2 Å². The molecule has 0 bridgehead atoms. The summed E-state index contributed by atoms with van der Waals surface area (Å²) in [6.45, 7) is 6.50. The average molecular weight is 296 g/mol. The third-order valence-corrected chi connectivity index (χ3v) is 3.91. The zero-order valence-corrected chi connectivity index (χ0v) is 12.8. The number of piperidine rings is 1. The minimum absolute atomic E-state index is 0.157. The zero-order valence-electron chi connectivity index (χ0n) is 12.0. The van der Waals surface area contributed by atoms with Gasteiger partial charge in [-0.1, -0.05) is 17.7 Å². The van der Waals surface area contributed by atoms with Gasteiger partial charge in [0.1, 0.15) is 0 Å². The Labute approximate surface area is 125 Å². The lowest BCUT2D eigenvalue weighted by atomic mass is 10.0. The second-order valence-electron chi connectivity index (χ2n) is 5.51. The summed E-state index contributed by atoms with van der Waals surface area (Å²) >= 11 is 5.89. The van der Waals surface area contributed by atoms with Gasteiger partial charge in [-0.2, -0.15) is 0 Å². The van der Waals surface area contributed by atoms with Crippen LogP contribution in [0.15, 0.2) is 24.3 Å². The normalized spacial score (nSPS) is 17.2. The molecule has 1 saturated heterocycles. The SMILES string of the molecule is CC(C)N1CCC(NC(=O)Nc2cccc(Cl)c2)CC1. The summed E-state index contributed by atoms with van der Waals surface area (Å²) in [4.78, 5) is 14.4. The topological polar surface area (TPSA) is 44.4 Å². The summed E-state index contributed by atoms with van der Waals surface area (Å²) in [7, 11) is 0. The highest BCUT2D eigenvalue weighted by molar-refractivity contribution is 6.30. The molecule has 0 aromatic heterocycles. The second-order valence-corrected chi connectivity index (χ2v) is 5.95. The van der Waals surface area contributed by atoms with Gasteiger partial charge in [0.2, 0.25) is 0 Å². The Bertz CT molecular complexity index is 456. The van der Waals surface area contributed by atoms with Crippen LogP contribution in [0.2, 0.25) is 5.02 Å². The number of carbonyl (C=O) groups is 1. The number of carbonyl (C=O) groups excluding carboxylic acids is 1. The van der Waals surface area contributed by atoms with E-state index in [1.54, 1.807) is 12.1 Å². The number of amides is 2. The molecule has 0 unspecified atom stereocenters. The van der Waals surface area contributed by atoms with E-state index in [2.05, 4.69) is 29.4 Å². The molecule has 110 valence electrons. The molecule has 2 amide bonds. The number of urea groups is 1. The highest BCUT2D eigenvalue weighted by atomic mass is 35.5. The van der Waals surface area contributed by atoms with Crippen molar-refractivity contribution in [3.8, 4) is 0 Å². The molecule has 2 N–H and O–H groups in total. The molecule has 0 spiro atoms. The van der Waals surface area contributed by atoms with E-state index in [-0.39, 0.29) is 12.1 Å². The van der Waals surface area contributed by atoms with Crippen molar-refractivity contribution in [3.63, 3.8) is 0 Å². The van der Waals surface area contributed by atoms with Gasteiger partial charge in [0.15, 0.2) is 0 Å². The molecule has 1 fully saturated rings. The number of rotatable bonds is 3. The number of nitrogens with one attached hydrogen (secondary N) is 2. The molecule has 1 aliphatic heterocycles. The molecule has 20 heavy (non-hydrogen) atoms. The monoisotopic (exact) mass is 295 g/mol. The number of hydrogen-bond acceptors (Lipinski definition) is 2. The number of nitrogens with zero attached hydrogens (tertiary/aromatic N) is 1. The second kappa shape index (κ2) is 6.95. The molecule has 0 atom stereocenters. The Morgan fingerprint density at radius 1 is 1.35 bits per heavy atom. The van der Waals surface area contributed by atoms with Crippen LogP contribution in [0.4, 0.5) is 10.5 Å². The van der Waals surface area contributed by atoms with E-state index in [0.717, 1.165) is 31.6 Å². The number of likely N-dealkylation sites (tertiary alicyclic amines) is 1. The predicted molar refractivity (Wildman–Crippen MR) is 83.3 cm³/mol. The van der Waals surface area contributed by atoms with Gasteiger partial charge >= 0.3 is 6.03 Å². The minimum atomic E-state index is -0.157. The molecule has 0 saturated carbocycles. The van der Waals surface area contributed by atoms with Crippen molar-refractivity contribution < 1.29 is 4.79 Å². The van der Waals surface area contributed by atoms with Crippen molar-refractivity contribution in [1.29, 1.82) is 0 Å². The number of benzene rings is 1. The molecule has 0 radical (unpaired) electrons. The maximum atomic E-state index is 11.9. The van der Waals surface area contributed by atoms with Crippen LogP contribution in [0.3, 0.4) is 0 Å². The van der Waals surface area contributed by atoms with Crippen molar-refractivity contribution in [3.05, 3.63) is 29.3 Å². The van der Waals surface area contributed by atoms with Gasteiger partial charge in [0, 0.05) is 35.9 Å². The maximum absolute atomic E-state index is 11.9. The molecule has 1 aromatic carbocycles. The fourth-order valence-electron chi connectivity index (χ4n) is 2.48. The van der Waals surface area contributed by atoms with Gasteiger partial charge in [0.05, 0.1) is 0 Å². The van der Waals surface area contributed by atoms with Gasteiger partial charge in [-0.05, 0) is 44.9 Å². The summed E-state index contributed by atoms with van der Waals surface area (Å²) in [6, 6.07) is 7.84. The molecular weight excluding hydrogens is 274 g/mol. The van der Waals surface area contributed by atoms with Gasteiger partial charge in [-0.15, -0.1) is 0 Å². The van der Waals surface area contributed by atoms with Crippen molar-refractivity contribution in [2.24, 2.45) is 0 Å². The first-order valence-corrected chi connectivity index (χ1v) is 7.49. The summed E-state index contributed by atoms with van der Waals surface area (Å²) < 4.78 is 0. The number of hydrogen-bond donors (Lipinski definition) is 2. The third kappa shape index (κ3) is 4.39. The van der Waals surface area contributed by atoms with Crippen LogP contribution < -0.4 is 10.6 Å². The largest absolute Gasteiger partial charge is 0.335 e. The first-order valence-electron chi connectivity index (χ1n) is 7.12. The lowest BCUT2D eigenvalue weighted by Gasteiger charge is -2.34. The Kier molecular flexibility index (Phi) is 5.26. The summed E-state index contributed by atoms with van der Waals surface area (Å²) in [5.41, 5.74) is 0.717. The number of halogens is 1. The molecular formula is C15H22ClN3O. The van der Waals surface area contributed by atoms with Crippen LogP contribution in [0, 0.1) is 0 Å². The van der Waals surface area contributed by atoms with Crippen LogP contribution in [-0.4, -0.2) is 36.1 Å². The first kappa shape index (κ1) is 15.1. The Morgan fingerprint density at radius 3 is 2.65 bits per heavy atom. The zero-order chi connectivity index (χ0) is 14.5. The van der Waals surface area contributed by atoms with Crippen molar-refractivity contribution >= 4 is 23.3 Å². The molecule has 5 heteroatoms. The van der Waals surface area contributed by atoms with Crippen molar-refractivity contribution in [2.45, 2.75) is 38.8 Å². The average Bonchev–Trinajstić information content (AvgIpc) is 2.39. The summed E-state index contributed by atoms with van der Waals surface area (Å²) in [6.07, 6.45) is 2.00. The van der Waals surface area contributed by atoms with E-state index in [1.165, 1.54) is 0 Å². The van der Waals surface area contributed by atoms with Crippen LogP contribution in [0.5, 0.6) is 0 Å². The fraction of sp³-hybridized carbons (Fsp3) is 0.533. The molecule has 0 aliphatic carbocycles. The highest BCUT2D eigenvalue weighted by Crippen LogP contribution is 2.16. The number of anilines is 1. The van der Waals surface area contributed by atoms with E-state index in [1.807, 2.05) is 12.1 Å². The Morgan fingerprint density at radius 2 is 2.05 bits per heavy atom. The molecule has 1 aromatic rings. The van der Waals surface area contributed by atoms with Gasteiger partial charge in [-0.25, -0.2) is 4.79 Å². The van der Waals surface area contributed by atoms with Gasteiger partial charge in [0.25, 0.3) is 0 Å². The molecule has 2 rings (SSSR count). The third-order valence-electron chi connectivity index (χ3n) is 3.68. The van der Waals surface area contributed by atoms with Gasteiger partial charge in [-0.3, -0.25) is 0 Å². The van der Waals surface area contributed by atoms with Crippen LogP contribution in [0.25, 0.3) is 0 Å². The lowest BCUT2D eigenvalue weighted by molar-refractivity contribution is 0.163. The summed E-state index contributed by atoms with van der Waals surface area (Å²) in [5, 5.41) is 6.46. The van der Waals surface area contributed by atoms with E-state index in [4.69, 9.17) is 11.6 Å². The quantitative estimate of drug-likeness (QED) is 0.898. The van der Waals surface area contributed by atoms with Gasteiger partial charge < -0.3 is 15.5 Å². The first-order chi connectivity index (χ1) is 9.54. The minimum Gasteiger partial charge on any atom is -0.335 e. The van der Waals surface area contributed by atoms with E-state index in [9.17, 15) is 4.79 Å². The van der Waals surface area contributed by atoms with Crippen LogP contribution in [-0.2, 0) is 0 Å².